The molecule has 2 aromatic carbocycles. The highest BCUT2D eigenvalue weighted by Crippen LogP contribution is 2.29. The van der Waals surface area contributed by atoms with Crippen molar-refractivity contribution in [1.29, 1.82) is 0 Å². The van der Waals surface area contributed by atoms with E-state index in [9.17, 15) is 27.6 Å². The molecule has 2 rings (SSSR count). The van der Waals surface area contributed by atoms with Crippen LogP contribution in [0.3, 0.4) is 0 Å². The molecule has 36 heavy (non-hydrogen) atoms. The number of alkyl halides is 3. The lowest BCUT2D eigenvalue weighted by Gasteiger charge is -2.26. The Balaban J connectivity index is 1.93. The summed E-state index contributed by atoms with van der Waals surface area (Å²) in [5, 5.41) is 10.8. The van der Waals surface area contributed by atoms with Crippen LogP contribution >= 0.6 is 0 Å². The predicted octanol–water partition coefficient (Wildman–Crippen LogP) is 2.98. The maximum absolute atomic E-state index is 12.9. The molecule has 1 atom stereocenters. The van der Waals surface area contributed by atoms with Crippen molar-refractivity contribution in [1.82, 2.24) is 21.3 Å². The average Bonchev–Trinajstić information content (AvgIpc) is 2.79. The van der Waals surface area contributed by atoms with Gasteiger partial charge in [0.1, 0.15) is 6.04 Å². The number of amides is 3. The monoisotopic (exact) mass is 506 g/mol. The molecule has 0 heterocycles. The number of aryl methyl sites for hydroxylation is 1. The first-order valence-corrected chi connectivity index (χ1v) is 11.6. The molecule has 0 radical (unpaired) electrons. The van der Waals surface area contributed by atoms with E-state index in [1.54, 1.807) is 0 Å². The van der Waals surface area contributed by atoms with Crippen LogP contribution in [0.25, 0.3) is 0 Å². The maximum Gasteiger partial charge on any atom is 0.416 e. The number of benzene rings is 2. The molecule has 0 spiro atoms. The van der Waals surface area contributed by atoms with Gasteiger partial charge in [0.05, 0.1) is 12.1 Å². The van der Waals surface area contributed by atoms with Crippen LogP contribution < -0.4 is 21.3 Å². The molecule has 196 valence electrons. The number of nitrogens with one attached hydrogen (secondary N) is 4. The molecule has 2 aromatic rings. The highest BCUT2D eigenvalue weighted by molar-refractivity contribution is 5.97. The van der Waals surface area contributed by atoms with Gasteiger partial charge in [0.15, 0.2) is 0 Å². The first kappa shape index (κ1) is 28.8. The Kier molecular flexibility index (Phi) is 10.0. The first-order chi connectivity index (χ1) is 16.7. The molecule has 4 N–H and O–H groups in total. The van der Waals surface area contributed by atoms with Crippen molar-refractivity contribution in [2.75, 3.05) is 19.6 Å². The Morgan fingerprint density at radius 2 is 1.64 bits per heavy atom. The molecule has 0 fully saturated rings. The molecule has 0 aliphatic carbocycles. The molecule has 0 saturated carbocycles. The van der Waals surface area contributed by atoms with Gasteiger partial charge in [0, 0.05) is 17.6 Å². The summed E-state index contributed by atoms with van der Waals surface area (Å²) in [5.41, 5.74) is 0.575. The Morgan fingerprint density at radius 3 is 2.25 bits per heavy atom. The predicted molar refractivity (Wildman–Crippen MR) is 131 cm³/mol. The minimum absolute atomic E-state index is 0.154. The van der Waals surface area contributed by atoms with E-state index < -0.39 is 47.6 Å². The molecular formula is C26H33F3N4O3. The second-order valence-electron chi connectivity index (χ2n) is 9.56. The topological polar surface area (TPSA) is 99.3 Å². The van der Waals surface area contributed by atoms with E-state index in [0.29, 0.717) is 12.6 Å². The fourth-order valence-electron chi connectivity index (χ4n) is 3.24. The molecule has 0 aliphatic rings. The third-order valence-electron chi connectivity index (χ3n) is 5.07. The fraction of sp³-hybridized carbons (Fsp3) is 0.423. The normalized spacial score (nSPS) is 12.5. The molecule has 1 unspecified atom stereocenters. The summed E-state index contributed by atoms with van der Waals surface area (Å²) in [7, 11) is 0. The quantitative estimate of drug-likeness (QED) is 0.373. The van der Waals surface area contributed by atoms with Gasteiger partial charge in [0.2, 0.25) is 11.8 Å². The minimum atomic E-state index is -4.59. The highest BCUT2D eigenvalue weighted by Gasteiger charge is 2.31. The first-order valence-electron chi connectivity index (χ1n) is 11.6. The summed E-state index contributed by atoms with van der Waals surface area (Å²) < 4.78 is 38.6. The van der Waals surface area contributed by atoms with Crippen molar-refractivity contribution < 1.29 is 27.6 Å². The molecule has 7 nitrogen and oxygen atoms in total. The van der Waals surface area contributed by atoms with Crippen LogP contribution in [-0.4, -0.2) is 48.9 Å². The van der Waals surface area contributed by atoms with Crippen LogP contribution in [0.1, 0.15) is 47.8 Å². The van der Waals surface area contributed by atoms with Gasteiger partial charge >= 0.3 is 6.18 Å². The summed E-state index contributed by atoms with van der Waals surface area (Å²) in [5.74, 6) is -1.88. The van der Waals surface area contributed by atoms with E-state index in [-0.39, 0.29) is 12.1 Å². The van der Waals surface area contributed by atoms with Gasteiger partial charge < -0.3 is 21.3 Å². The van der Waals surface area contributed by atoms with Gasteiger partial charge in [-0.2, -0.15) is 13.2 Å². The second-order valence-corrected chi connectivity index (χ2v) is 9.56. The molecule has 3 amide bonds. The largest absolute Gasteiger partial charge is 0.416 e. The van der Waals surface area contributed by atoms with Crippen molar-refractivity contribution >= 4 is 17.7 Å². The van der Waals surface area contributed by atoms with E-state index in [4.69, 9.17) is 0 Å². The van der Waals surface area contributed by atoms with Gasteiger partial charge in [-0.25, -0.2) is 0 Å². The summed E-state index contributed by atoms with van der Waals surface area (Å²) >= 11 is 0. The van der Waals surface area contributed by atoms with E-state index in [1.165, 1.54) is 6.07 Å². The van der Waals surface area contributed by atoms with Crippen LogP contribution in [0.5, 0.6) is 0 Å². The van der Waals surface area contributed by atoms with Crippen LogP contribution in [0, 0.1) is 6.92 Å². The number of hydrogen-bond donors (Lipinski definition) is 4. The Bertz CT molecular complexity index is 1050. The molecule has 10 heteroatoms. The summed E-state index contributed by atoms with van der Waals surface area (Å²) in [6.45, 7) is 7.66. The van der Waals surface area contributed by atoms with Crippen molar-refractivity contribution in [3.63, 3.8) is 0 Å². The Morgan fingerprint density at radius 1 is 0.972 bits per heavy atom. The van der Waals surface area contributed by atoms with Crippen molar-refractivity contribution in [3.05, 3.63) is 70.8 Å². The fourth-order valence-corrected chi connectivity index (χ4v) is 3.24. The average molecular weight is 507 g/mol. The number of rotatable bonds is 10. The highest BCUT2D eigenvalue weighted by atomic mass is 19.4. The number of halogens is 3. The zero-order chi connectivity index (χ0) is 26.9. The van der Waals surface area contributed by atoms with E-state index in [0.717, 1.165) is 29.7 Å². The van der Waals surface area contributed by atoms with Crippen LogP contribution in [0.4, 0.5) is 13.2 Å². The summed E-state index contributed by atoms with van der Waals surface area (Å²) in [6, 6.07) is 11.1. The number of carbonyl (C=O) groups is 3. The van der Waals surface area contributed by atoms with Crippen molar-refractivity contribution in [3.8, 4) is 0 Å². The Labute approximate surface area is 209 Å². The smallest absolute Gasteiger partial charge is 0.350 e. The van der Waals surface area contributed by atoms with Crippen LogP contribution in [0.2, 0.25) is 0 Å². The zero-order valence-corrected chi connectivity index (χ0v) is 20.9. The summed E-state index contributed by atoms with van der Waals surface area (Å²) in [6.07, 6.45) is -3.86. The third-order valence-corrected chi connectivity index (χ3v) is 5.07. The lowest BCUT2D eigenvalue weighted by molar-refractivity contribution is -0.137. The van der Waals surface area contributed by atoms with Gasteiger partial charge in [-0.05, 0) is 64.4 Å². The third kappa shape index (κ3) is 10.1. The Hall–Kier alpha value is -3.40. The summed E-state index contributed by atoms with van der Waals surface area (Å²) in [4.78, 5) is 37.4. The van der Waals surface area contributed by atoms with Gasteiger partial charge in [-0.1, -0.05) is 35.9 Å². The van der Waals surface area contributed by atoms with Crippen LogP contribution in [0.15, 0.2) is 48.5 Å². The van der Waals surface area contributed by atoms with Crippen LogP contribution in [-0.2, 0) is 22.2 Å². The second kappa shape index (κ2) is 12.5. The van der Waals surface area contributed by atoms with Crippen molar-refractivity contribution in [2.24, 2.45) is 0 Å². The molecule has 0 aromatic heterocycles. The standard InChI is InChI=1S/C26H33F3N4O3/c1-17-8-10-18(11-9-17)12-13-30-15-21(24(36)33-25(2,3)4)32-22(34)16-31-23(35)19-6-5-7-20(14-19)26(27,28)29/h5-11,14,21,30H,12-13,15-16H2,1-4H3,(H,31,35)(H,32,34)(H,33,36). The van der Waals surface area contributed by atoms with E-state index in [2.05, 4.69) is 21.3 Å². The zero-order valence-electron chi connectivity index (χ0n) is 20.9. The number of hydrogen-bond acceptors (Lipinski definition) is 4. The SMILES string of the molecule is Cc1ccc(CCNCC(NC(=O)CNC(=O)c2cccc(C(F)(F)F)c2)C(=O)NC(C)(C)C)cc1. The van der Waals surface area contributed by atoms with Gasteiger partial charge in [-0.15, -0.1) is 0 Å². The van der Waals surface area contributed by atoms with Gasteiger partial charge in [0.25, 0.3) is 5.91 Å². The minimum Gasteiger partial charge on any atom is -0.350 e. The maximum atomic E-state index is 12.9. The number of carbonyl (C=O) groups excluding carboxylic acids is 3. The molecule has 0 bridgehead atoms. The van der Waals surface area contributed by atoms with E-state index >= 15 is 0 Å². The van der Waals surface area contributed by atoms with E-state index in [1.807, 2.05) is 52.0 Å². The lowest BCUT2D eigenvalue weighted by atomic mass is 10.1. The van der Waals surface area contributed by atoms with Gasteiger partial charge in [-0.3, -0.25) is 14.4 Å². The molecular weight excluding hydrogens is 473 g/mol. The lowest BCUT2D eigenvalue weighted by Crippen LogP contribution is -2.57. The molecule has 0 saturated heterocycles. The van der Waals surface area contributed by atoms with Crippen molar-refractivity contribution in [2.45, 2.75) is 51.9 Å². The molecule has 0 aliphatic heterocycles.